The minimum absolute atomic E-state index is 0.127. The van der Waals surface area contributed by atoms with Crippen LogP contribution in [0.1, 0.15) is 28.4 Å². The quantitative estimate of drug-likeness (QED) is 0.443. The van der Waals surface area contributed by atoms with Crippen molar-refractivity contribution in [3.05, 3.63) is 65.2 Å². The first-order chi connectivity index (χ1) is 13.5. The van der Waals surface area contributed by atoms with E-state index in [4.69, 9.17) is 4.74 Å². The highest BCUT2D eigenvalue weighted by atomic mass is 32.2. The van der Waals surface area contributed by atoms with Gasteiger partial charge in [0.15, 0.2) is 5.17 Å². The second-order valence-corrected chi connectivity index (χ2v) is 7.15. The van der Waals surface area contributed by atoms with Crippen molar-refractivity contribution >= 4 is 35.0 Å². The number of esters is 1. The highest BCUT2D eigenvalue weighted by Crippen LogP contribution is 2.23. The molecule has 1 saturated heterocycles. The molecule has 0 bridgehead atoms. The molecule has 1 heterocycles. The number of hydrogen-bond acceptors (Lipinski definition) is 7. The van der Waals surface area contributed by atoms with Gasteiger partial charge in [0.25, 0.3) is 0 Å². The number of rotatable bonds is 6. The number of carbonyl (C=O) groups excluding carboxylic acids is 2. The first kappa shape index (κ1) is 19.6. The van der Waals surface area contributed by atoms with Gasteiger partial charge in [0, 0.05) is 0 Å². The number of hydrogen-bond donors (Lipinski definition) is 2. The lowest BCUT2D eigenvalue weighted by Crippen LogP contribution is -2.25. The van der Waals surface area contributed by atoms with Crippen LogP contribution >= 0.6 is 11.8 Å². The fourth-order valence-corrected chi connectivity index (χ4v) is 3.47. The summed E-state index contributed by atoms with van der Waals surface area (Å²) < 4.78 is 4.96. The van der Waals surface area contributed by atoms with E-state index in [-0.39, 0.29) is 22.9 Å². The summed E-state index contributed by atoms with van der Waals surface area (Å²) in [5.41, 5.74) is 2.21. The number of benzene rings is 2. The van der Waals surface area contributed by atoms with E-state index in [0.29, 0.717) is 23.8 Å². The van der Waals surface area contributed by atoms with Crippen LogP contribution in [0.4, 0.5) is 0 Å². The molecule has 2 aromatic rings. The smallest absolute Gasteiger partial charge is 0.338 e. The molecule has 1 atom stereocenters. The number of amidine groups is 1. The fraction of sp³-hybridized carbons (Fsp3) is 0.200. The number of phenols is 1. The summed E-state index contributed by atoms with van der Waals surface area (Å²) in [6.45, 7) is 2.09. The lowest BCUT2D eigenvalue weighted by molar-refractivity contribution is -0.118. The van der Waals surface area contributed by atoms with Gasteiger partial charge in [-0.1, -0.05) is 23.9 Å². The molecule has 1 aliphatic rings. The number of carbonyl (C=O) groups is 2. The maximum absolute atomic E-state index is 12.2. The molecule has 0 aliphatic carbocycles. The number of aromatic hydroxyl groups is 1. The van der Waals surface area contributed by atoms with Gasteiger partial charge >= 0.3 is 5.97 Å². The van der Waals surface area contributed by atoms with Gasteiger partial charge in [0.1, 0.15) is 5.75 Å². The zero-order valence-corrected chi connectivity index (χ0v) is 16.0. The lowest BCUT2D eigenvalue weighted by atomic mass is 10.1. The maximum atomic E-state index is 12.2. The van der Waals surface area contributed by atoms with Crippen molar-refractivity contribution in [2.45, 2.75) is 18.6 Å². The average Bonchev–Trinajstić information content (AvgIpc) is 3.03. The first-order valence-corrected chi connectivity index (χ1v) is 9.56. The number of amides is 1. The van der Waals surface area contributed by atoms with Gasteiger partial charge in [-0.15, -0.1) is 5.10 Å². The van der Waals surface area contributed by atoms with Gasteiger partial charge in [-0.05, 0) is 60.9 Å². The first-order valence-electron chi connectivity index (χ1n) is 8.69. The van der Waals surface area contributed by atoms with E-state index in [0.717, 1.165) is 11.1 Å². The second kappa shape index (κ2) is 9.18. The molecule has 1 amide bonds. The molecular weight excluding hydrogens is 378 g/mol. The van der Waals surface area contributed by atoms with Crippen LogP contribution in [0.3, 0.4) is 0 Å². The summed E-state index contributed by atoms with van der Waals surface area (Å²) in [7, 11) is 0. The summed E-state index contributed by atoms with van der Waals surface area (Å²) in [6, 6.07) is 13.6. The van der Waals surface area contributed by atoms with E-state index < -0.39 is 0 Å². The number of nitrogens with zero attached hydrogens (tertiary/aromatic N) is 2. The third kappa shape index (κ3) is 5.20. The molecule has 1 aliphatic heterocycles. The van der Waals surface area contributed by atoms with Crippen molar-refractivity contribution < 1.29 is 19.4 Å². The van der Waals surface area contributed by atoms with Crippen LogP contribution in [-0.4, -0.2) is 40.2 Å². The molecule has 144 valence electrons. The minimum Gasteiger partial charge on any atom is -0.508 e. The van der Waals surface area contributed by atoms with Crippen LogP contribution in [0.5, 0.6) is 5.75 Å². The Morgan fingerprint density at radius 1 is 1.21 bits per heavy atom. The SMILES string of the molecule is CCOC(=O)c1ccc(CC2S/C(=N\N=Cc3ccc(O)cc3)NC2=O)cc1. The molecule has 0 saturated carbocycles. The van der Waals surface area contributed by atoms with Crippen LogP contribution in [0.15, 0.2) is 58.7 Å². The summed E-state index contributed by atoms with van der Waals surface area (Å²) in [5, 5.41) is 20.1. The van der Waals surface area contributed by atoms with Gasteiger partial charge in [-0.25, -0.2) is 4.79 Å². The molecule has 2 aromatic carbocycles. The Balaban J connectivity index is 1.58. The lowest BCUT2D eigenvalue weighted by Gasteiger charge is -2.06. The van der Waals surface area contributed by atoms with E-state index in [9.17, 15) is 14.7 Å². The van der Waals surface area contributed by atoms with Crippen molar-refractivity contribution in [1.82, 2.24) is 5.32 Å². The van der Waals surface area contributed by atoms with Gasteiger partial charge < -0.3 is 15.2 Å². The van der Waals surface area contributed by atoms with E-state index in [1.165, 1.54) is 11.8 Å². The molecule has 0 spiro atoms. The predicted molar refractivity (Wildman–Crippen MR) is 109 cm³/mol. The third-order valence-corrected chi connectivity index (χ3v) is 4.98. The third-order valence-electron chi connectivity index (χ3n) is 3.91. The van der Waals surface area contributed by atoms with Gasteiger partial charge in [-0.2, -0.15) is 5.10 Å². The van der Waals surface area contributed by atoms with Crippen molar-refractivity contribution in [1.29, 1.82) is 0 Å². The molecule has 1 unspecified atom stereocenters. The highest BCUT2D eigenvalue weighted by molar-refractivity contribution is 8.15. The molecule has 2 N–H and O–H groups in total. The Morgan fingerprint density at radius 3 is 2.61 bits per heavy atom. The largest absolute Gasteiger partial charge is 0.508 e. The Morgan fingerprint density at radius 2 is 1.93 bits per heavy atom. The fourth-order valence-electron chi connectivity index (χ4n) is 2.50. The maximum Gasteiger partial charge on any atom is 0.338 e. The topological polar surface area (TPSA) is 100 Å². The van der Waals surface area contributed by atoms with E-state index >= 15 is 0 Å². The summed E-state index contributed by atoms with van der Waals surface area (Å²) in [4.78, 5) is 23.8. The van der Waals surface area contributed by atoms with E-state index in [2.05, 4.69) is 15.5 Å². The molecule has 28 heavy (non-hydrogen) atoms. The van der Waals surface area contributed by atoms with Crippen LogP contribution in [0.2, 0.25) is 0 Å². The van der Waals surface area contributed by atoms with Gasteiger partial charge in [-0.3, -0.25) is 4.79 Å². The monoisotopic (exact) mass is 397 g/mol. The highest BCUT2D eigenvalue weighted by Gasteiger charge is 2.30. The number of thioether (sulfide) groups is 1. The number of nitrogens with one attached hydrogen (secondary N) is 1. The molecule has 3 rings (SSSR count). The van der Waals surface area contributed by atoms with Crippen LogP contribution in [0, 0.1) is 0 Å². The van der Waals surface area contributed by atoms with Crippen molar-refractivity contribution in [3.8, 4) is 5.75 Å². The second-order valence-electron chi connectivity index (χ2n) is 5.96. The molecule has 0 radical (unpaired) electrons. The zero-order chi connectivity index (χ0) is 19.9. The summed E-state index contributed by atoms with van der Waals surface area (Å²) in [5.74, 6) is -0.304. The standard InChI is InChI=1S/C20H19N3O4S/c1-2-27-19(26)15-7-3-13(4-8-15)11-17-18(25)22-20(28-17)23-21-12-14-5-9-16(24)10-6-14/h3-10,12,17,24H,2,11H2,1H3,(H,22,23,25). The Kier molecular flexibility index (Phi) is 6.44. The Hall–Kier alpha value is -3.13. The van der Waals surface area contributed by atoms with Gasteiger partial charge in [0.2, 0.25) is 5.91 Å². The van der Waals surface area contributed by atoms with Crippen molar-refractivity contribution in [2.24, 2.45) is 10.2 Å². The Labute approximate surface area is 166 Å². The predicted octanol–water partition coefficient (Wildman–Crippen LogP) is 2.73. The number of ether oxygens (including phenoxy) is 1. The number of phenolic OH excluding ortho intramolecular Hbond substituents is 1. The molecular formula is C20H19N3O4S. The van der Waals surface area contributed by atoms with Crippen LogP contribution in [0.25, 0.3) is 0 Å². The van der Waals surface area contributed by atoms with E-state index in [1.807, 2.05) is 12.1 Å². The van der Waals surface area contributed by atoms with Crippen LogP contribution in [-0.2, 0) is 16.0 Å². The molecule has 8 heteroatoms. The van der Waals surface area contributed by atoms with Crippen LogP contribution < -0.4 is 5.32 Å². The van der Waals surface area contributed by atoms with Crippen molar-refractivity contribution in [2.75, 3.05) is 6.61 Å². The molecule has 1 fully saturated rings. The zero-order valence-electron chi connectivity index (χ0n) is 15.2. The Bertz CT molecular complexity index is 908. The summed E-state index contributed by atoms with van der Waals surface area (Å²) in [6.07, 6.45) is 2.06. The average molecular weight is 397 g/mol. The normalized spacial score (nSPS) is 17.8. The van der Waals surface area contributed by atoms with Gasteiger partial charge in [0.05, 0.1) is 23.6 Å². The molecule has 7 nitrogen and oxygen atoms in total. The van der Waals surface area contributed by atoms with E-state index in [1.54, 1.807) is 49.5 Å². The van der Waals surface area contributed by atoms with Crippen molar-refractivity contribution in [3.63, 3.8) is 0 Å². The molecule has 0 aromatic heterocycles. The summed E-state index contributed by atoms with van der Waals surface area (Å²) >= 11 is 1.31. The minimum atomic E-state index is -0.358.